The molecule has 0 saturated heterocycles. The summed E-state index contributed by atoms with van der Waals surface area (Å²) in [4.78, 5) is 22.9. The maximum absolute atomic E-state index is 11.9. The third-order valence-corrected chi connectivity index (χ3v) is 6.68. The molecule has 0 bridgehead atoms. The highest BCUT2D eigenvalue weighted by molar-refractivity contribution is 7.69. The Kier molecular flexibility index (Phi) is 7.38. The van der Waals surface area contributed by atoms with Gasteiger partial charge in [0.1, 0.15) is 11.7 Å². The van der Waals surface area contributed by atoms with Crippen LogP contribution in [0.3, 0.4) is 0 Å². The van der Waals surface area contributed by atoms with E-state index in [0.29, 0.717) is 13.0 Å². The maximum Gasteiger partial charge on any atom is 0.326 e. The molecule has 5 nitrogen and oxygen atoms in total. The van der Waals surface area contributed by atoms with Crippen LogP contribution in [0.25, 0.3) is 0 Å². The lowest BCUT2D eigenvalue weighted by Crippen LogP contribution is -2.40. The third-order valence-electron chi connectivity index (χ3n) is 3.54. The molecule has 118 valence electrons. The smallest absolute Gasteiger partial charge is 0.326 e. The first-order valence-electron chi connectivity index (χ1n) is 7.55. The van der Waals surface area contributed by atoms with Crippen molar-refractivity contribution >= 4 is 13.6 Å². The lowest BCUT2D eigenvalue weighted by atomic mass is 10.4. The van der Waals surface area contributed by atoms with Crippen LogP contribution < -0.4 is 5.09 Å². The van der Waals surface area contributed by atoms with Gasteiger partial charge in [-0.25, -0.2) is 4.89 Å². The molecule has 0 heterocycles. The zero-order chi connectivity index (χ0) is 15.2. The summed E-state index contributed by atoms with van der Waals surface area (Å²) in [6.45, 7) is 7.87. The molecule has 0 aliphatic heterocycles. The quantitative estimate of drug-likeness (QED) is 0.533. The number of esters is 1. The van der Waals surface area contributed by atoms with E-state index in [9.17, 15) is 9.69 Å². The molecule has 1 saturated carbocycles. The molecule has 1 fully saturated rings. The van der Waals surface area contributed by atoms with Gasteiger partial charge in [-0.2, -0.15) is 0 Å². The number of carbonyl (C=O) groups excluding carboxylic acids is 1. The molecule has 2 N–H and O–H groups in total. The fourth-order valence-electron chi connectivity index (χ4n) is 2.53. The van der Waals surface area contributed by atoms with Crippen LogP contribution in [-0.2, 0) is 14.3 Å². The van der Waals surface area contributed by atoms with Crippen LogP contribution in [0.4, 0.5) is 0 Å². The monoisotopic (exact) mass is 306 g/mol. The summed E-state index contributed by atoms with van der Waals surface area (Å²) in [6.07, 6.45) is 4.48. The summed E-state index contributed by atoms with van der Waals surface area (Å²) in [5, 5.41) is 3.14. The number of hydrogen-bond acceptors (Lipinski definition) is 5. The molecular formula is C14H29NO4P+. The van der Waals surface area contributed by atoms with Crippen molar-refractivity contribution in [3.05, 3.63) is 0 Å². The van der Waals surface area contributed by atoms with Gasteiger partial charge in [0.15, 0.2) is 6.35 Å². The van der Waals surface area contributed by atoms with Crippen molar-refractivity contribution in [2.75, 3.05) is 13.0 Å². The average molecular weight is 306 g/mol. The normalized spacial score (nSPS) is 20.9. The van der Waals surface area contributed by atoms with E-state index in [0.717, 1.165) is 25.7 Å². The second-order valence-electron chi connectivity index (χ2n) is 5.72. The Labute approximate surface area is 122 Å². The van der Waals surface area contributed by atoms with E-state index in [1.807, 2.05) is 20.8 Å². The Bertz CT molecular complexity index is 308. The summed E-state index contributed by atoms with van der Waals surface area (Å²) < 4.78 is 10.6. The molecular weight excluding hydrogens is 277 g/mol. The molecule has 0 amide bonds. The molecule has 1 aliphatic carbocycles. The van der Waals surface area contributed by atoms with E-state index in [4.69, 9.17) is 9.47 Å². The van der Waals surface area contributed by atoms with Crippen molar-refractivity contribution in [1.29, 1.82) is 0 Å². The molecule has 2 atom stereocenters. The molecule has 20 heavy (non-hydrogen) atoms. The Hall–Kier alpha value is -0.220. The minimum atomic E-state index is -2.46. The van der Waals surface area contributed by atoms with Gasteiger partial charge in [0.2, 0.25) is 7.64 Å². The lowest BCUT2D eigenvalue weighted by molar-refractivity contribution is -0.149. The fraction of sp³-hybridized carbons (Fsp3) is 0.929. The zero-order valence-electron chi connectivity index (χ0n) is 13.1. The van der Waals surface area contributed by atoms with E-state index >= 15 is 0 Å². The van der Waals surface area contributed by atoms with Gasteiger partial charge in [0.05, 0.1) is 6.10 Å². The van der Waals surface area contributed by atoms with Crippen molar-refractivity contribution in [2.24, 2.45) is 0 Å². The van der Waals surface area contributed by atoms with Gasteiger partial charge in [-0.3, -0.25) is 4.79 Å². The van der Waals surface area contributed by atoms with Crippen LogP contribution in [0.2, 0.25) is 0 Å². The summed E-state index contributed by atoms with van der Waals surface area (Å²) in [7, 11) is -2.46. The van der Waals surface area contributed by atoms with Crippen molar-refractivity contribution < 1.29 is 19.2 Å². The number of carbonyl (C=O) groups is 1. The van der Waals surface area contributed by atoms with E-state index in [2.05, 4.69) is 5.09 Å². The maximum atomic E-state index is 11.9. The van der Waals surface area contributed by atoms with Gasteiger partial charge >= 0.3 is 5.97 Å². The molecule has 0 radical (unpaired) electrons. The Morgan fingerprint density at radius 1 is 1.35 bits per heavy atom. The molecule has 0 aromatic carbocycles. The predicted octanol–water partition coefficient (Wildman–Crippen LogP) is 2.69. The molecule has 1 rings (SSSR count). The SMILES string of the molecule is CCOC[P+](O)(NC(C)C(=O)OC(C)C)C1CCCC1. The Balaban J connectivity index is 2.65. The summed E-state index contributed by atoms with van der Waals surface area (Å²) >= 11 is 0. The van der Waals surface area contributed by atoms with Crippen LogP contribution in [-0.4, -0.2) is 41.6 Å². The van der Waals surface area contributed by atoms with Gasteiger partial charge in [-0.05, 0) is 53.4 Å². The summed E-state index contributed by atoms with van der Waals surface area (Å²) in [5.41, 5.74) is 0.239. The molecule has 0 spiro atoms. The van der Waals surface area contributed by atoms with Crippen LogP contribution in [0.5, 0.6) is 0 Å². The topological polar surface area (TPSA) is 67.8 Å². The molecule has 6 heteroatoms. The van der Waals surface area contributed by atoms with Crippen molar-refractivity contribution in [1.82, 2.24) is 5.09 Å². The Morgan fingerprint density at radius 2 is 1.95 bits per heavy atom. The van der Waals surface area contributed by atoms with Crippen LogP contribution in [0, 0.1) is 0 Å². The first kappa shape index (κ1) is 17.8. The van der Waals surface area contributed by atoms with E-state index in [1.165, 1.54) is 0 Å². The molecule has 1 aliphatic rings. The third kappa shape index (κ3) is 5.28. The molecule has 0 aromatic rings. The standard InChI is InChI=1S/C14H29NO4P/c1-5-18-10-20(17,13-8-6-7-9-13)15-12(4)14(16)19-11(2)3/h11-13,15,17H,5-10H2,1-4H3/q+1. The van der Waals surface area contributed by atoms with E-state index in [-0.39, 0.29) is 17.7 Å². The van der Waals surface area contributed by atoms with Gasteiger partial charge in [0, 0.05) is 6.61 Å². The minimum Gasteiger partial charge on any atom is -0.462 e. The van der Waals surface area contributed by atoms with E-state index in [1.54, 1.807) is 6.92 Å². The van der Waals surface area contributed by atoms with Crippen LogP contribution in [0.1, 0.15) is 53.4 Å². The fourth-order valence-corrected chi connectivity index (χ4v) is 5.48. The number of ether oxygens (including phenoxy) is 2. The van der Waals surface area contributed by atoms with Gasteiger partial charge < -0.3 is 9.47 Å². The van der Waals surface area contributed by atoms with Crippen molar-refractivity contribution in [2.45, 2.75) is 71.2 Å². The number of hydrogen-bond donors (Lipinski definition) is 2. The largest absolute Gasteiger partial charge is 0.462 e. The summed E-state index contributed by atoms with van der Waals surface area (Å²) in [5.74, 6) is -0.312. The average Bonchev–Trinajstić information content (AvgIpc) is 2.90. The van der Waals surface area contributed by atoms with Gasteiger partial charge in [-0.15, -0.1) is 5.09 Å². The first-order chi connectivity index (χ1) is 9.39. The number of rotatable bonds is 8. The Morgan fingerprint density at radius 3 is 2.45 bits per heavy atom. The highest BCUT2D eigenvalue weighted by Gasteiger charge is 2.49. The zero-order valence-corrected chi connectivity index (χ0v) is 14.0. The van der Waals surface area contributed by atoms with Gasteiger partial charge in [-0.1, -0.05) is 0 Å². The van der Waals surface area contributed by atoms with Crippen LogP contribution in [0.15, 0.2) is 0 Å². The minimum absolute atomic E-state index is 0.142. The summed E-state index contributed by atoms with van der Waals surface area (Å²) in [6, 6.07) is -0.503. The number of nitrogens with one attached hydrogen (secondary N) is 1. The second kappa shape index (κ2) is 8.28. The van der Waals surface area contributed by atoms with Crippen molar-refractivity contribution in [3.63, 3.8) is 0 Å². The van der Waals surface area contributed by atoms with Gasteiger partial charge in [0.25, 0.3) is 0 Å². The van der Waals surface area contributed by atoms with Crippen molar-refractivity contribution in [3.8, 4) is 0 Å². The predicted molar refractivity (Wildman–Crippen MR) is 81.7 cm³/mol. The molecule has 2 unspecified atom stereocenters. The van der Waals surface area contributed by atoms with Crippen LogP contribution >= 0.6 is 7.64 Å². The van der Waals surface area contributed by atoms with E-state index < -0.39 is 13.7 Å². The second-order valence-corrected chi connectivity index (χ2v) is 8.62. The highest BCUT2D eigenvalue weighted by Crippen LogP contribution is 2.60. The lowest BCUT2D eigenvalue weighted by Gasteiger charge is -2.28. The molecule has 0 aromatic heterocycles. The first-order valence-corrected chi connectivity index (χ1v) is 9.55. The highest BCUT2D eigenvalue weighted by atomic mass is 31.2.